The van der Waals surface area contributed by atoms with Crippen LogP contribution in [0.4, 0.5) is 0 Å². The summed E-state index contributed by atoms with van der Waals surface area (Å²) in [5.74, 6) is -3.69. The van der Waals surface area contributed by atoms with Gasteiger partial charge in [-0.15, -0.1) is 0 Å². The third-order valence-corrected chi connectivity index (χ3v) is 3.95. The average Bonchev–Trinajstić information content (AvgIpc) is 3.11. The monoisotopic (exact) mass is 387 g/mol. The molecule has 0 radical (unpaired) electrons. The Bertz CT molecular complexity index is 595. The van der Waals surface area contributed by atoms with Crippen molar-refractivity contribution >= 4 is 29.6 Å². The summed E-state index contributed by atoms with van der Waals surface area (Å²) < 4.78 is 0. The van der Waals surface area contributed by atoms with Gasteiger partial charge in [0.15, 0.2) is 0 Å². The Morgan fingerprint density at radius 3 is 2.41 bits per heavy atom. The molecule has 0 aromatic rings. The van der Waals surface area contributed by atoms with Gasteiger partial charge in [-0.2, -0.15) is 0 Å². The molecule has 1 rings (SSSR count). The predicted molar refractivity (Wildman–Crippen MR) is 91.1 cm³/mol. The number of aliphatic hydroxyl groups excluding tert-OH is 1. The number of hydrogen-bond donors (Lipinski definition) is 6. The maximum atomic E-state index is 12.3. The largest absolute Gasteiger partial charge is 0.480 e. The second-order valence-corrected chi connectivity index (χ2v) is 6.11. The molecule has 27 heavy (non-hydrogen) atoms. The fourth-order valence-electron chi connectivity index (χ4n) is 2.46. The van der Waals surface area contributed by atoms with Gasteiger partial charge in [0, 0.05) is 6.54 Å². The predicted octanol–water partition coefficient (Wildman–Crippen LogP) is -3.88. The minimum absolute atomic E-state index is 0.283. The molecule has 1 aliphatic heterocycles. The van der Waals surface area contributed by atoms with Crippen molar-refractivity contribution in [3.63, 3.8) is 0 Å². The number of nitrogens with zero attached hydrogens (tertiary/aromatic N) is 1. The van der Waals surface area contributed by atoms with E-state index in [2.05, 4.69) is 16.0 Å². The number of nitrogens with two attached hydrogens (primary N) is 1. The van der Waals surface area contributed by atoms with Crippen LogP contribution in [0.2, 0.25) is 0 Å². The molecule has 1 heterocycles. The molecule has 0 bridgehead atoms. The number of carboxylic acids is 1. The first-order valence-corrected chi connectivity index (χ1v) is 8.40. The number of likely N-dealkylation sites (tertiary alicyclic amines) is 1. The van der Waals surface area contributed by atoms with E-state index in [9.17, 15) is 24.0 Å². The number of carbonyl (C=O) groups excluding carboxylic acids is 4. The Morgan fingerprint density at radius 2 is 1.85 bits per heavy atom. The molecule has 0 aromatic heterocycles. The van der Waals surface area contributed by atoms with Crippen LogP contribution in [-0.2, 0) is 24.0 Å². The van der Waals surface area contributed by atoms with E-state index >= 15 is 0 Å². The van der Waals surface area contributed by atoms with Crippen LogP contribution in [0, 0.1) is 0 Å². The van der Waals surface area contributed by atoms with Crippen molar-refractivity contribution in [3.05, 3.63) is 0 Å². The molecule has 1 aliphatic rings. The number of hydrogen-bond acceptors (Lipinski definition) is 7. The summed E-state index contributed by atoms with van der Waals surface area (Å²) in [5.41, 5.74) is 5.34. The molecule has 12 nitrogen and oxygen atoms in total. The molecule has 12 heteroatoms. The van der Waals surface area contributed by atoms with Crippen LogP contribution in [0.5, 0.6) is 0 Å². The third-order valence-electron chi connectivity index (χ3n) is 3.95. The van der Waals surface area contributed by atoms with Crippen molar-refractivity contribution in [2.45, 2.75) is 37.9 Å². The molecule has 7 N–H and O–H groups in total. The zero-order valence-corrected chi connectivity index (χ0v) is 14.9. The second-order valence-electron chi connectivity index (χ2n) is 6.11. The van der Waals surface area contributed by atoms with E-state index in [1.807, 2.05) is 0 Å². The average molecular weight is 387 g/mol. The number of carbonyl (C=O) groups is 5. The molecule has 152 valence electrons. The van der Waals surface area contributed by atoms with Gasteiger partial charge in [0.2, 0.25) is 23.6 Å². The fourth-order valence-corrected chi connectivity index (χ4v) is 2.46. The minimum Gasteiger partial charge on any atom is -0.480 e. The van der Waals surface area contributed by atoms with E-state index in [1.54, 1.807) is 0 Å². The van der Waals surface area contributed by atoms with Crippen molar-refractivity contribution in [2.75, 3.05) is 26.2 Å². The van der Waals surface area contributed by atoms with Gasteiger partial charge in [0.05, 0.1) is 25.7 Å². The highest BCUT2D eigenvalue weighted by Crippen LogP contribution is 2.17. The Balaban J connectivity index is 2.51. The van der Waals surface area contributed by atoms with Gasteiger partial charge >= 0.3 is 5.97 Å². The Kier molecular flexibility index (Phi) is 8.62. The Labute approximate surface area is 155 Å². The quantitative estimate of drug-likeness (QED) is 0.231. The molecular formula is C15H25N5O7. The van der Waals surface area contributed by atoms with Gasteiger partial charge in [-0.25, -0.2) is 4.79 Å². The smallest absolute Gasteiger partial charge is 0.328 e. The lowest BCUT2D eigenvalue weighted by Crippen LogP contribution is -2.53. The summed E-state index contributed by atoms with van der Waals surface area (Å²) in [6.07, 6.45) is 0.882. The zero-order chi connectivity index (χ0) is 20.6. The van der Waals surface area contributed by atoms with Crippen molar-refractivity contribution in [1.29, 1.82) is 0 Å². The summed E-state index contributed by atoms with van der Waals surface area (Å²) in [6.45, 7) is 0.254. The standard InChI is InChI=1S/C15H25N5O7/c1-8(16)13(24)18-5-11(22)17-6-12(23)20-4-2-3-10(20)14(25)19-9(7-21)15(26)27/h8-10,21H,2-7,16H2,1H3,(H,17,22)(H,18,24)(H,19,25)(H,26,27)/t8-,9-,10-/m0/s1. The van der Waals surface area contributed by atoms with Gasteiger partial charge in [0.25, 0.3) is 0 Å². The lowest BCUT2D eigenvalue weighted by atomic mass is 10.2. The first-order valence-electron chi connectivity index (χ1n) is 8.40. The summed E-state index contributed by atoms with van der Waals surface area (Å²) in [6, 6.07) is -3.10. The maximum absolute atomic E-state index is 12.3. The van der Waals surface area contributed by atoms with E-state index in [0.717, 1.165) is 0 Å². The van der Waals surface area contributed by atoms with Gasteiger partial charge in [-0.05, 0) is 19.8 Å². The normalized spacial score (nSPS) is 18.3. The zero-order valence-electron chi connectivity index (χ0n) is 14.9. The van der Waals surface area contributed by atoms with Crippen molar-refractivity contribution < 1.29 is 34.2 Å². The van der Waals surface area contributed by atoms with Crippen molar-refractivity contribution in [2.24, 2.45) is 5.73 Å². The van der Waals surface area contributed by atoms with E-state index in [-0.39, 0.29) is 19.6 Å². The first kappa shape index (κ1) is 22.3. The van der Waals surface area contributed by atoms with Crippen LogP contribution in [0.1, 0.15) is 19.8 Å². The molecule has 3 atom stereocenters. The van der Waals surface area contributed by atoms with Gasteiger partial charge in [0.1, 0.15) is 12.1 Å². The van der Waals surface area contributed by atoms with E-state index in [0.29, 0.717) is 12.8 Å². The maximum Gasteiger partial charge on any atom is 0.328 e. The second kappa shape index (κ2) is 10.4. The Morgan fingerprint density at radius 1 is 1.19 bits per heavy atom. The number of rotatable bonds is 9. The third kappa shape index (κ3) is 6.83. The van der Waals surface area contributed by atoms with Crippen molar-refractivity contribution in [3.8, 4) is 0 Å². The molecule has 0 aromatic carbocycles. The van der Waals surface area contributed by atoms with Crippen LogP contribution in [0.15, 0.2) is 0 Å². The minimum atomic E-state index is -1.46. The number of nitrogens with one attached hydrogen (secondary N) is 3. The van der Waals surface area contributed by atoms with Crippen LogP contribution in [0.3, 0.4) is 0 Å². The SMILES string of the molecule is C[C@H](N)C(=O)NCC(=O)NCC(=O)N1CCC[C@H]1C(=O)N[C@@H](CO)C(=O)O. The lowest BCUT2D eigenvalue weighted by Gasteiger charge is -2.25. The molecule has 1 fully saturated rings. The highest BCUT2D eigenvalue weighted by molar-refractivity contribution is 5.93. The summed E-state index contributed by atoms with van der Waals surface area (Å²) in [5, 5.41) is 24.6. The fraction of sp³-hybridized carbons (Fsp3) is 0.667. The molecule has 0 spiro atoms. The molecular weight excluding hydrogens is 362 g/mol. The van der Waals surface area contributed by atoms with E-state index in [1.165, 1.54) is 11.8 Å². The van der Waals surface area contributed by atoms with Crippen LogP contribution in [-0.4, -0.2) is 89.1 Å². The number of amides is 4. The number of aliphatic hydroxyl groups is 1. The van der Waals surface area contributed by atoms with E-state index in [4.69, 9.17) is 15.9 Å². The number of carboxylic acid groups (broad SMARTS) is 1. The molecule has 4 amide bonds. The molecule has 0 saturated carbocycles. The molecule has 0 unspecified atom stereocenters. The topological polar surface area (TPSA) is 191 Å². The summed E-state index contributed by atoms with van der Waals surface area (Å²) in [7, 11) is 0. The molecule has 0 aliphatic carbocycles. The lowest BCUT2D eigenvalue weighted by molar-refractivity contribution is -0.144. The van der Waals surface area contributed by atoms with Crippen LogP contribution in [0.25, 0.3) is 0 Å². The first-order chi connectivity index (χ1) is 12.7. The highest BCUT2D eigenvalue weighted by atomic mass is 16.4. The van der Waals surface area contributed by atoms with E-state index < -0.39 is 54.3 Å². The number of aliphatic carboxylic acids is 1. The molecule has 1 saturated heterocycles. The van der Waals surface area contributed by atoms with Crippen molar-refractivity contribution in [1.82, 2.24) is 20.9 Å². The van der Waals surface area contributed by atoms with Gasteiger partial charge in [-0.1, -0.05) is 0 Å². The summed E-state index contributed by atoms with van der Waals surface area (Å²) in [4.78, 5) is 59.5. The van der Waals surface area contributed by atoms with Crippen LogP contribution >= 0.6 is 0 Å². The van der Waals surface area contributed by atoms with Gasteiger partial charge in [-0.3, -0.25) is 19.2 Å². The Hall–Kier alpha value is -2.73. The summed E-state index contributed by atoms with van der Waals surface area (Å²) >= 11 is 0. The van der Waals surface area contributed by atoms with Crippen LogP contribution < -0.4 is 21.7 Å². The highest BCUT2D eigenvalue weighted by Gasteiger charge is 2.35. The van der Waals surface area contributed by atoms with Gasteiger partial charge < -0.3 is 36.8 Å².